The molecule has 0 saturated heterocycles. The fourth-order valence-electron chi connectivity index (χ4n) is 2.15. The van der Waals surface area contributed by atoms with E-state index in [-0.39, 0.29) is 0 Å². The fourth-order valence-corrected chi connectivity index (χ4v) is 2.15. The van der Waals surface area contributed by atoms with Gasteiger partial charge in [-0.05, 0) is 24.3 Å². The molecule has 0 heterocycles. The summed E-state index contributed by atoms with van der Waals surface area (Å²) in [5, 5.41) is 10.9. The van der Waals surface area contributed by atoms with Gasteiger partial charge >= 0.3 is 0 Å². The number of para-hydroxylation sites is 2. The van der Waals surface area contributed by atoms with Crippen LogP contribution in [0.2, 0.25) is 0 Å². The number of ether oxygens (including phenoxy) is 1. The van der Waals surface area contributed by atoms with Crippen molar-refractivity contribution < 1.29 is 4.74 Å². The number of hydrogen-bond acceptors (Lipinski definition) is 3. The molecule has 20 heavy (non-hydrogen) atoms. The molecule has 0 atom stereocenters. The van der Waals surface area contributed by atoms with Crippen LogP contribution in [0.3, 0.4) is 0 Å². The fraction of sp³-hybridized carbons (Fsp3) is 0. The maximum absolute atomic E-state index is 9.15. The van der Waals surface area contributed by atoms with E-state index in [0.29, 0.717) is 22.7 Å². The van der Waals surface area contributed by atoms with Crippen LogP contribution in [0.1, 0.15) is 5.56 Å². The summed E-state index contributed by atoms with van der Waals surface area (Å²) in [6.45, 7) is 0. The van der Waals surface area contributed by atoms with Gasteiger partial charge in [0.1, 0.15) is 11.5 Å². The minimum absolute atomic E-state index is 0.584. The molecule has 0 aromatic heterocycles. The van der Waals surface area contributed by atoms with Crippen LogP contribution in [-0.2, 0) is 0 Å². The number of nitrogens with zero attached hydrogens (tertiary/aromatic N) is 1. The van der Waals surface area contributed by atoms with Crippen molar-refractivity contribution >= 4 is 16.5 Å². The second-order valence-electron chi connectivity index (χ2n) is 4.41. The average Bonchev–Trinajstić information content (AvgIpc) is 2.50. The van der Waals surface area contributed by atoms with Gasteiger partial charge in [-0.15, -0.1) is 0 Å². The first-order valence-electron chi connectivity index (χ1n) is 6.24. The van der Waals surface area contributed by atoms with Crippen molar-refractivity contribution in [3.05, 3.63) is 66.2 Å². The lowest BCUT2D eigenvalue weighted by Crippen LogP contribution is -1.92. The number of rotatable bonds is 2. The third-order valence-corrected chi connectivity index (χ3v) is 3.14. The molecule has 0 spiro atoms. The van der Waals surface area contributed by atoms with Gasteiger partial charge in [-0.2, -0.15) is 5.26 Å². The number of nitrogens with two attached hydrogens (primary N) is 1. The van der Waals surface area contributed by atoms with E-state index in [1.165, 1.54) is 0 Å². The molecule has 0 fully saturated rings. The SMILES string of the molecule is N#Cc1ccc(Oc2ccccc2N)c2ccccc12. The van der Waals surface area contributed by atoms with Gasteiger partial charge in [0.25, 0.3) is 0 Å². The largest absolute Gasteiger partial charge is 0.455 e. The Labute approximate surface area is 116 Å². The van der Waals surface area contributed by atoms with E-state index in [9.17, 15) is 0 Å². The molecular weight excluding hydrogens is 248 g/mol. The summed E-state index contributed by atoms with van der Waals surface area (Å²) in [5.41, 5.74) is 7.11. The molecule has 3 aromatic rings. The number of benzene rings is 3. The summed E-state index contributed by atoms with van der Waals surface area (Å²) >= 11 is 0. The Morgan fingerprint density at radius 1 is 0.800 bits per heavy atom. The van der Waals surface area contributed by atoms with E-state index >= 15 is 0 Å². The van der Waals surface area contributed by atoms with Crippen LogP contribution in [0, 0.1) is 11.3 Å². The standard InChI is InChI=1S/C17H12N2O/c18-11-12-9-10-16(14-6-2-1-5-13(12)14)20-17-8-4-3-7-15(17)19/h1-10H,19H2. The summed E-state index contributed by atoms with van der Waals surface area (Å²) in [6.07, 6.45) is 0. The van der Waals surface area contributed by atoms with E-state index in [0.717, 1.165) is 10.8 Å². The summed E-state index contributed by atoms with van der Waals surface area (Å²) in [5.74, 6) is 1.31. The van der Waals surface area contributed by atoms with Crippen molar-refractivity contribution in [2.45, 2.75) is 0 Å². The Hall–Kier alpha value is -2.99. The maximum atomic E-state index is 9.15. The van der Waals surface area contributed by atoms with E-state index in [1.54, 1.807) is 18.2 Å². The first kappa shape index (κ1) is 12.1. The lowest BCUT2D eigenvalue weighted by atomic mass is 10.0. The molecule has 0 radical (unpaired) electrons. The third kappa shape index (κ3) is 2.04. The summed E-state index contributed by atoms with van der Waals surface area (Å²) in [6, 6.07) is 20.8. The van der Waals surface area contributed by atoms with Gasteiger partial charge in [0.15, 0.2) is 0 Å². The number of anilines is 1. The highest BCUT2D eigenvalue weighted by Gasteiger charge is 2.08. The van der Waals surface area contributed by atoms with Gasteiger partial charge < -0.3 is 10.5 Å². The molecule has 3 rings (SSSR count). The molecule has 0 aliphatic rings. The molecular formula is C17H12N2O. The highest BCUT2D eigenvalue weighted by atomic mass is 16.5. The maximum Gasteiger partial charge on any atom is 0.150 e. The third-order valence-electron chi connectivity index (χ3n) is 3.14. The lowest BCUT2D eigenvalue weighted by Gasteiger charge is -2.11. The molecule has 0 aliphatic carbocycles. The van der Waals surface area contributed by atoms with Crippen molar-refractivity contribution in [1.29, 1.82) is 5.26 Å². The molecule has 3 heteroatoms. The molecule has 0 saturated carbocycles. The van der Waals surface area contributed by atoms with E-state index < -0.39 is 0 Å². The molecule has 3 nitrogen and oxygen atoms in total. The minimum Gasteiger partial charge on any atom is -0.455 e. The highest BCUT2D eigenvalue weighted by Crippen LogP contribution is 2.33. The van der Waals surface area contributed by atoms with E-state index in [2.05, 4.69) is 6.07 Å². The molecule has 0 bridgehead atoms. The van der Waals surface area contributed by atoms with Gasteiger partial charge in [-0.1, -0.05) is 36.4 Å². The van der Waals surface area contributed by atoms with Crippen molar-refractivity contribution in [1.82, 2.24) is 0 Å². The first-order valence-corrected chi connectivity index (χ1v) is 6.24. The minimum atomic E-state index is 0.584. The predicted molar refractivity (Wildman–Crippen MR) is 79.6 cm³/mol. The van der Waals surface area contributed by atoms with Crippen LogP contribution in [0.5, 0.6) is 11.5 Å². The number of hydrogen-bond donors (Lipinski definition) is 1. The topological polar surface area (TPSA) is 59.0 Å². The zero-order valence-corrected chi connectivity index (χ0v) is 10.7. The van der Waals surface area contributed by atoms with Gasteiger partial charge in [-0.3, -0.25) is 0 Å². The van der Waals surface area contributed by atoms with Gasteiger partial charge in [0.05, 0.1) is 17.3 Å². The van der Waals surface area contributed by atoms with Crippen molar-refractivity contribution in [3.8, 4) is 17.6 Å². The van der Waals surface area contributed by atoms with Crippen LogP contribution in [0.25, 0.3) is 10.8 Å². The zero-order valence-electron chi connectivity index (χ0n) is 10.7. The Morgan fingerprint density at radius 2 is 1.50 bits per heavy atom. The van der Waals surface area contributed by atoms with Gasteiger partial charge in [-0.25, -0.2) is 0 Å². The normalized spacial score (nSPS) is 10.2. The van der Waals surface area contributed by atoms with Crippen LogP contribution >= 0.6 is 0 Å². The van der Waals surface area contributed by atoms with E-state index in [4.69, 9.17) is 15.7 Å². The summed E-state index contributed by atoms with van der Waals surface area (Å²) in [7, 11) is 0. The molecule has 3 aromatic carbocycles. The van der Waals surface area contributed by atoms with Crippen LogP contribution in [0.4, 0.5) is 5.69 Å². The number of fused-ring (bicyclic) bond motifs is 1. The van der Waals surface area contributed by atoms with E-state index in [1.807, 2.05) is 42.5 Å². The Kier molecular flexibility index (Phi) is 2.98. The van der Waals surface area contributed by atoms with Crippen molar-refractivity contribution in [3.63, 3.8) is 0 Å². The second kappa shape index (κ2) is 4.94. The van der Waals surface area contributed by atoms with Crippen molar-refractivity contribution in [2.75, 3.05) is 5.73 Å². The summed E-state index contributed by atoms with van der Waals surface area (Å²) in [4.78, 5) is 0. The average molecular weight is 260 g/mol. The molecule has 2 N–H and O–H groups in total. The number of nitrogen functional groups attached to an aromatic ring is 1. The first-order chi connectivity index (χ1) is 9.79. The second-order valence-corrected chi connectivity index (χ2v) is 4.41. The lowest BCUT2D eigenvalue weighted by molar-refractivity contribution is 0.491. The van der Waals surface area contributed by atoms with Gasteiger partial charge in [0.2, 0.25) is 0 Å². The smallest absolute Gasteiger partial charge is 0.150 e. The van der Waals surface area contributed by atoms with Gasteiger partial charge in [0, 0.05) is 10.8 Å². The molecule has 0 aliphatic heterocycles. The highest BCUT2D eigenvalue weighted by molar-refractivity contribution is 5.93. The monoisotopic (exact) mass is 260 g/mol. The summed E-state index contributed by atoms with van der Waals surface area (Å²) < 4.78 is 5.89. The quantitative estimate of drug-likeness (QED) is 0.706. The Bertz CT molecular complexity index is 819. The molecule has 0 unspecified atom stereocenters. The van der Waals surface area contributed by atoms with Crippen LogP contribution in [0.15, 0.2) is 60.7 Å². The van der Waals surface area contributed by atoms with Crippen LogP contribution in [-0.4, -0.2) is 0 Å². The van der Waals surface area contributed by atoms with Crippen molar-refractivity contribution in [2.24, 2.45) is 0 Å². The molecule has 96 valence electrons. The molecule has 0 amide bonds. The number of nitriles is 1. The predicted octanol–water partition coefficient (Wildman–Crippen LogP) is 4.09. The zero-order chi connectivity index (χ0) is 13.9. The van der Waals surface area contributed by atoms with Crippen LogP contribution < -0.4 is 10.5 Å². The Morgan fingerprint density at radius 3 is 2.25 bits per heavy atom. The Balaban J connectivity index is 2.14.